The van der Waals surface area contributed by atoms with Gasteiger partial charge >= 0.3 is 0 Å². The summed E-state index contributed by atoms with van der Waals surface area (Å²) in [4.78, 5) is 21.1. The van der Waals surface area contributed by atoms with Gasteiger partial charge in [0.05, 0.1) is 11.6 Å². The van der Waals surface area contributed by atoms with E-state index in [0.717, 1.165) is 23.2 Å². The Balaban J connectivity index is 1.69. The average molecular weight is 360 g/mol. The maximum Gasteiger partial charge on any atom is 0.254 e. The maximum atomic E-state index is 12.4. The highest BCUT2D eigenvalue weighted by molar-refractivity contribution is 5.93. The molecule has 0 bridgehead atoms. The van der Waals surface area contributed by atoms with E-state index in [2.05, 4.69) is 33.6 Å². The lowest BCUT2D eigenvalue weighted by Gasteiger charge is -2.15. The third-order valence-corrected chi connectivity index (χ3v) is 4.54. The molecule has 138 valence electrons. The van der Waals surface area contributed by atoms with Crippen molar-refractivity contribution in [1.82, 2.24) is 15.3 Å². The Morgan fingerprint density at radius 3 is 2.41 bits per heavy atom. The molecule has 5 heteroatoms. The highest BCUT2D eigenvalue weighted by Gasteiger charge is 2.13. The van der Waals surface area contributed by atoms with Gasteiger partial charge in [0.2, 0.25) is 5.95 Å². The topological polar surface area (TPSA) is 66.9 Å². The first-order valence-corrected chi connectivity index (χ1v) is 9.12. The van der Waals surface area contributed by atoms with Crippen molar-refractivity contribution in [2.24, 2.45) is 0 Å². The van der Waals surface area contributed by atoms with Crippen molar-refractivity contribution in [2.75, 3.05) is 5.32 Å². The first-order chi connectivity index (χ1) is 13.1. The molecule has 1 unspecified atom stereocenters. The van der Waals surface area contributed by atoms with E-state index in [-0.39, 0.29) is 11.9 Å². The van der Waals surface area contributed by atoms with Crippen LogP contribution in [0.2, 0.25) is 0 Å². The van der Waals surface area contributed by atoms with Gasteiger partial charge in [0, 0.05) is 18.1 Å². The number of para-hydroxylation sites is 1. The molecule has 0 saturated heterocycles. The largest absolute Gasteiger partial charge is 0.345 e. The van der Waals surface area contributed by atoms with Crippen LogP contribution in [-0.4, -0.2) is 15.9 Å². The number of amides is 1. The van der Waals surface area contributed by atoms with Crippen LogP contribution in [-0.2, 0) is 6.42 Å². The van der Waals surface area contributed by atoms with Crippen LogP contribution < -0.4 is 10.6 Å². The minimum Gasteiger partial charge on any atom is -0.345 e. The number of anilines is 2. The molecule has 2 aromatic carbocycles. The molecule has 0 aliphatic carbocycles. The summed E-state index contributed by atoms with van der Waals surface area (Å²) in [5, 5.41) is 6.24. The molecule has 2 N–H and O–H groups in total. The second kappa shape index (κ2) is 8.45. The quantitative estimate of drug-likeness (QED) is 0.675. The van der Waals surface area contributed by atoms with E-state index in [1.54, 1.807) is 12.4 Å². The number of benzene rings is 2. The molecule has 1 amide bonds. The fraction of sp³-hybridized carbons (Fsp3) is 0.227. The predicted molar refractivity (Wildman–Crippen MR) is 108 cm³/mol. The molecule has 0 aliphatic rings. The van der Waals surface area contributed by atoms with E-state index in [1.807, 2.05) is 56.3 Å². The van der Waals surface area contributed by atoms with Crippen molar-refractivity contribution < 1.29 is 4.79 Å². The van der Waals surface area contributed by atoms with E-state index in [1.165, 1.54) is 5.56 Å². The highest BCUT2D eigenvalue weighted by atomic mass is 16.1. The Bertz CT molecular complexity index is 907. The summed E-state index contributed by atoms with van der Waals surface area (Å²) in [6.07, 6.45) is 4.01. The molecule has 0 fully saturated rings. The highest BCUT2D eigenvalue weighted by Crippen LogP contribution is 2.23. The van der Waals surface area contributed by atoms with Crippen molar-refractivity contribution in [3.63, 3.8) is 0 Å². The fourth-order valence-corrected chi connectivity index (χ4v) is 2.93. The minimum atomic E-state index is -0.192. The van der Waals surface area contributed by atoms with Crippen LogP contribution in [0.3, 0.4) is 0 Å². The predicted octanol–water partition coefficient (Wildman–Crippen LogP) is 4.58. The normalized spacial score (nSPS) is 11.7. The van der Waals surface area contributed by atoms with E-state index in [9.17, 15) is 4.79 Å². The first-order valence-electron chi connectivity index (χ1n) is 9.12. The maximum absolute atomic E-state index is 12.4. The van der Waals surface area contributed by atoms with Crippen molar-refractivity contribution in [1.29, 1.82) is 0 Å². The van der Waals surface area contributed by atoms with Gasteiger partial charge in [-0.3, -0.25) is 4.79 Å². The van der Waals surface area contributed by atoms with Crippen molar-refractivity contribution in [3.05, 3.63) is 83.2 Å². The molecular formula is C22H24N4O. The molecule has 27 heavy (non-hydrogen) atoms. The SMILES string of the molecule is CCc1cccc(C)c1Nc1ncc(C(=O)NC(C)c2ccccc2)cn1. The molecule has 1 heterocycles. The average Bonchev–Trinajstić information content (AvgIpc) is 2.70. The fourth-order valence-electron chi connectivity index (χ4n) is 2.93. The Morgan fingerprint density at radius 1 is 1.04 bits per heavy atom. The molecule has 0 spiro atoms. The van der Waals surface area contributed by atoms with Crippen molar-refractivity contribution in [3.8, 4) is 0 Å². The summed E-state index contributed by atoms with van der Waals surface area (Å²) in [5.41, 5.74) is 4.85. The molecule has 0 saturated carbocycles. The summed E-state index contributed by atoms with van der Waals surface area (Å²) in [6, 6.07) is 15.9. The molecule has 1 aromatic heterocycles. The lowest BCUT2D eigenvalue weighted by atomic mass is 10.1. The number of carbonyl (C=O) groups excluding carboxylic acids is 1. The smallest absolute Gasteiger partial charge is 0.254 e. The molecule has 0 aliphatic heterocycles. The Morgan fingerprint density at radius 2 is 1.74 bits per heavy atom. The second-order valence-corrected chi connectivity index (χ2v) is 6.49. The van der Waals surface area contributed by atoms with Gasteiger partial charge in [-0.05, 0) is 37.0 Å². The second-order valence-electron chi connectivity index (χ2n) is 6.49. The number of rotatable bonds is 6. The summed E-state index contributed by atoms with van der Waals surface area (Å²) < 4.78 is 0. The number of carbonyl (C=O) groups is 1. The van der Waals surface area contributed by atoms with Gasteiger partial charge in [-0.15, -0.1) is 0 Å². The monoisotopic (exact) mass is 360 g/mol. The lowest BCUT2D eigenvalue weighted by molar-refractivity contribution is 0.0939. The van der Waals surface area contributed by atoms with Gasteiger partial charge < -0.3 is 10.6 Å². The van der Waals surface area contributed by atoms with E-state index < -0.39 is 0 Å². The molecule has 3 rings (SSSR count). The van der Waals surface area contributed by atoms with Crippen LogP contribution in [0, 0.1) is 6.92 Å². The number of aromatic nitrogens is 2. The van der Waals surface area contributed by atoms with Gasteiger partial charge in [-0.25, -0.2) is 9.97 Å². The van der Waals surface area contributed by atoms with Crippen molar-refractivity contribution in [2.45, 2.75) is 33.2 Å². The summed E-state index contributed by atoms with van der Waals surface area (Å²) in [5.74, 6) is 0.287. The van der Waals surface area contributed by atoms with Gasteiger partial charge in [0.25, 0.3) is 5.91 Å². The van der Waals surface area contributed by atoms with E-state index in [0.29, 0.717) is 11.5 Å². The third kappa shape index (κ3) is 4.50. The molecule has 1 atom stereocenters. The van der Waals surface area contributed by atoms with Gasteiger partial charge in [0.15, 0.2) is 0 Å². The van der Waals surface area contributed by atoms with Crippen LogP contribution >= 0.6 is 0 Å². The zero-order valence-electron chi connectivity index (χ0n) is 15.9. The Labute approximate surface area is 159 Å². The molecule has 3 aromatic rings. The zero-order chi connectivity index (χ0) is 19.2. The van der Waals surface area contributed by atoms with Gasteiger partial charge in [0.1, 0.15) is 0 Å². The first kappa shape index (κ1) is 18.6. The number of nitrogens with one attached hydrogen (secondary N) is 2. The minimum absolute atomic E-state index is 0.0874. The number of aryl methyl sites for hydroxylation is 2. The molecular weight excluding hydrogens is 336 g/mol. The lowest BCUT2D eigenvalue weighted by Crippen LogP contribution is -2.26. The van der Waals surface area contributed by atoms with Crippen molar-refractivity contribution >= 4 is 17.5 Å². The van der Waals surface area contributed by atoms with Crippen LogP contribution in [0.5, 0.6) is 0 Å². The molecule has 0 radical (unpaired) electrons. The number of hydrogen-bond acceptors (Lipinski definition) is 4. The van der Waals surface area contributed by atoms with Crippen LogP contribution in [0.4, 0.5) is 11.6 Å². The van der Waals surface area contributed by atoms with Crippen LogP contribution in [0.1, 0.15) is 46.9 Å². The third-order valence-electron chi connectivity index (χ3n) is 4.54. The Kier molecular flexibility index (Phi) is 5.81. The summed E-state index contributed by atoms with van der Waals surface area (Å²) >= 11 is 0. The van der Waals surface area contributed by atoms with Gasteiger partial charge in [-0.1, -0.05) is 55.5 Å². The number of hydrogen-bond donors (Lipinski definition) is 2. The standard InChI is InChI=1S/C22H24N4O/c1-4-17-12-8-9-15(2)20(17)26-22-23-13-19(14-24-22)21(27)25-16(3)18-10-6-5-7-11-18/h5-14,16H,4H2,1-3H3,(H,25,27)(H,23,24,26). The Hall–Kier alpha value is -3.21. The van der Waals surface area contributed by atoms with E-state index >= 15 is 0 Å². The number of nitrogens with zero attached hydrogens (tertiary/aromatic N) is 2. The zero-order valence-corrected chi connectivity index (χ0v) is 15.9. The summed E-state index contributed by atoms with van der Waals surface area (Å²) in [7, 11) is 0. The van der Waals surface area contributed by atoms with Crippen LogP contribution in [0.15, 0.2) is 60.9 Å². The summed E-state index contributed by atoms with van der Waals surface area (Å²) in [6.45, 7) is 6.12. The van der Waals surface area contributed by atoms with Crippen LogP contribution in [0.25, 0.3) is 0 Å². The molecule has 5 nitrogen and oxygen atoms in total. The van der Waals surface area contributed by atoms with E-state index in [4.69, 9.17) is 0 Å². The van der Waals surface area contributed by atoms with Gasteiger partial charge in [-0.2, -0.15) is 0 Å².